The Hall–Kier alpha value is -0.850. The van der Waals surface area contributed by atoms with Crippen LogP contribution in [0.15, 0.2) is 11.4 Å². The quantitative estimate of drug-likeness (QED) is 0.385. The second-order valence-corrected chi connectivity index (χ2v) is 4.90. The summed E-state index contributed by atoms with van der Waals surface area (Å²) < 4.78 is 4.95. The Morgan fingerprint density at radius 1 is 1.67 bits per heavy atom. The lowest BCUT2D eigenvalue weighted by Gasteiger charge is -2.25. The average molecular weight is 291 g/mol. The van der Waals surface area contributed by atoms with Gasteiger partial charge in [0.15, 0.2) is 5.16 Å². The van der Waals surface area contributed by atoms with Crippen LogP contribution in [0.2, 0.25) is 5.15 Å². The summed E-state index contributed by atoms with van der Waals surface area (Å²) in [6.45, 7) is 3.06. The van der Waals surface area contributed by atoms with Crippen LogP contribution in [0.4, 0.5) is 0 Å². The molecule has 0 radical (unpaired) electrons. The lowest BCUT2D eigenvalue weighted by Crippen LogP contribution is -2.38. The van der Waals surface area contributed by atoms with Gasteiger partial charge in [-0.3, -0.25) is 4.79 Å². The van der Waals surface area contributed by atoms with Crippen LogP contribution in [-0.4, -0.2) is 40.5 Å². The zero-order valence-electron chi connectivity index (χ0n) is 10.4. The second-order valence-electron chi connectivity index (χ2n) is 3.77. The summed E-state index contributed by atoms with van der Waals surface area (Å²) in [4.78, 5) is 20.0. The number of aromatic nitrogens is 2. The monoisotopic (exact) mass is 290 g/mol. The number of aliphatic hydroxyl groups excluding tert-OH is 1. The fraction of sp³-hybridized carbons (Fsp3) is 0.545. The smallest absolute Gasteiger partial charge is 0.318 e. The summed E-state index contributed by atoms with van der Waals surface area (Å²) >= 11 is 7.38. The Bertz CT molecular complexity index is 444. The molecule has 0 fully saturated rings. The van der Waals surface area contributed by atoms with Gasteiger partial charge in [0.25, 0.3) is 0 Å². The van der Waals surface area contributed by atoms with Crippen molar-refractivity contribution < 1.29 is 14.6 Å². The van der Waals surface area contributed by atoms with Gasteiger partial charge in [0.05, 0.1) is 13.2 Å². The molecule has 0 aliphatic carbocycles. The van der Waals surface area contributed by atoms with Gasteiger partial charge in [-0.15, -0.1) is 0 Å². The molecule has 1 unspecified atom stereocenters. The minimum atomic E-state index is -1.25. The Labute approximate surface area is 115 Å². The molecule has 100 valence electrons. The number of carbonyl (C=O) groups is 1. The molecule has 1 atom stereocenters. The van der Waals surface area contributed by atoms with Crippen LogP contribution in [0.5, 0.6) is 0 Å². The largest absolute Gasteiger partial charge is 0.465 e. The number of rotatable bonds is 5. The Kier molecular flexibility index (Phi) is 5.37. The molecule has 18 heavy (non-hydrogen) atoms. The molecule has 1 aromatic rings. The Morgan fingerprint density at radius 3 is 2.78 bits per heavy atom. The van der Waals surface area contributed by atoms with Crippen LogP contribution in [-0.2, 0) is 14.9 Å². The predicted molar refractivity (Wildman–Crippen MR) is 69.9 cm³/mol. The van der Waals surface area contributed by atoms with Crippen molar-refractivity contribution in [2.24, 2.45) is 0 Å². The van der Waals surface area contributed by atoms with Crippen molar-refractivity contribution in [1.82, 2.24) is 9.97 Å². The molecule has 1 rings (SSSR count). The van der Waals surface area contributed by atoms with Crippen LogP contribution >= 0.6 is 23.4 Å². The minimum Gasteiger partial charge on any atom is -0.465 e. The van der Waals surface area contributed by atoms with Crippen LogP contribution in [0.3, 0.4) is 0 Å². The first-order chi connectivity index (χ1) is 8.49. The minimum absolute atomic E-state index is 0.152. The molecular weight excluding hydrogens is 276 g/mol. The van der Waals surface area contributed by atoms with E-state index in [0.717, 1.165) is 0 Å². The third-order valence-electron chi connectivity index (χ3n) is 2.54. The zero-order chi connectivity index (χ0) is 13.8. The first-order valence-corrected chi connectivity index (χ1v) is 6.95. The van der Waals surface area contributed by atoms with Crippen LogP contribution in [0.25, 0.3) is 0 Å². The number of hydrogen-bond acceptors (Lipinski definition) is 6. The molecular formula is C11H15ClN2O3S. The van der Waals surface area contributed by atoms with Crippen molar-refractivity contribution in [1.29, 1.82) is 0 Å². The van der Waals surface area contributed by atoms with E-state index in [1.807, 2.05) is 6.26 Å². The number of carbonyl (C=O) groups excluding carboxylic acids is 1. The maximum Gasteiger partial charge on any atom is 0.318 e. The number of aliphatic hydroxyl groups is 1. The number of halogens is 1. The molecule has 1 aromatic heterocycles. The topological polar surface area (TPSA) is 72.3 Å². The number of hydrogen-bond donors (Lipinski definition) is 1. The molecule has 0 aliphatic rings. The summed E-state index contributed by atoms with van der Waals surface area (Å²) in [6, 6.07) is 0. The van der Waals surface area contributed by atoms with Gasteiger partial charge >= 0.3 is 5.97 Å². The summed E-state index contributed by atoms with van der Waals surface area (Å²) in [5.74, 6) is -0.546. The zero-order valence-corrected chi connectivity index (χ0v) is 12.0. The highest BCUT2D eigenvalue weighted by Gasteiger charge is 2.39. The van der Waals surface area contributed by atoms with E-state index in [4.69, 9.17) is 16.3 Å². The third kappa shape index (κ3) is 2.93. The maximum absolute atomic E-state index is 11.9. The highest BCUT2D eigenvalue weighted by Crippen LogP contribution is 2.30. The molecule has 5 nitrogen and oxygen atoms in total. The summed E-state index contributed by atoms with van der Waals surface area (Å²) in [5.41, 5.74) is -0.882. The van der Waals surface area contributed by atoms with E-state index in [2.05, 4.69) is 9.97 Å². The molecule has 0 saturated heterocycles. The van der Waals surface area contributed by atoms with E-state index < -0.39 is 18.0 Å². The van der Waals surface area contributed by atoms with Gasteiger partial charge in [-0.25, -0.2) is 9.97 Å². The van der Waals surface area contributed by atoms with Crippen molar-refractivity contribution in [2.75, 3.05) is 19.5 Å². The number of nitrogens with zero attached hydrogens (tertiary/aromatic N) is 2. The maximum atomic E-state index is 11.9. The average Bonchev–Trinajstić information content (AvgIpc) is 2.37. The standard InChI is InChI=1S/C11H15ClN2O3S/c1-4-17-9(16)11(2,6-15)7-5-13-10(18-3)14-8(7)12/h5,15H,4,6H2,1-3H3. The van der Waals surface area contributed by atoms with E-state index >= 15 is 0 Å². The van der Waals surface area contributed by atoms with Gasteiger partial charge < -0.3 is 9.84 Å². The Morgan fingerprint density at radius 2 is 2.33 bits per heavy atom. The van der Waals surface area contributed by atoms with E-state index in [-0.39, 0.29) is 11.8 Å². The summed E-state index contributed by atoms with van der Waals surface area (Å²) in [7, 11) is 0. The number of ether oxygens (including phenoxy) is 1. The van der Waals surface area contributed by atoms with Crippen LogP contribution in [0.1, 0.15) is 19.4 Å². The summed E-state index contributed by atoms with van der Waals surface area (Å²) in [6.07, 6.45) is 3.27. The van der Waals surface area contributed by atoms with E-state index in [0.29, 0.717) is 10.7 Å². The molecule has 0 spiro atoms. The van der Waals surface area contributed by atoms with Crippen molar-refractivity contribution in [3.63, 3.8) is 0 Å². The van der Waals surface area contributed by atoms with Gasteiger partial charge in [0, 0.05) is 11.8 Å². The van der Waals surface area contributed by atoms with E-state index in [9.17, 15) is 9.90 Å². The van der Waals surface area contributed by atoms with Crippen LogP contribution < -0.4 is 0 Å². The van der Waals surface area contributed by atoms with Gasteiger partial charge in [-0.1, -0.05) is 23.4 Å². The van der Waals surface area contributed by atoms with Gasteiger partial charge in [-0.05, 0) is 20.1 Å². The third-order valence-corrected chi connectivity index (χ3v) is 3.39. The molecule has 1 N–H and O–H groups in total. The normalized spacial score (nSPS) is 14.1. The molecule has 1 heterocycles. The van der Waals surface area contributed by atoms with E-state index in [1.54, 1.807) is 13.8 Å². The molecule has 0 aliphatic heterocycles. The van der Waals surface area contributed by atoms with Gasteiger partial charge in [0.2, 0.25) is 0 Å². The SMILES string of the molecule is CCOC(=O)C(C)(CO)c1cnc(SC)nc1Cl. The first-order valence-electron chi connectivity index (χ1n) is 5.34. The molecule has 0 amide bonds. The van der Waals surface area contributed by atoms with Crippen molar-refractivity contribution in [3.05, 3.63) is 16.9 Å². The first kappa shape index (κ1) is 15.2. The van der Waals surface area contributed by atoms with Crippen molar-refractivity contribution >= 4 is 29.3 Å². The molecule has 0 bridgehead atoms. The highest BCUT2D eigenvalue weighted by atomic mass is 35.5. The van der Waals surface area contributed by atoms with Gasteiger partial charge in [0.1, 0.15) is 10.6 Å². The van der Waals surface area contributed by atoms with Crippen LogP contribution in [0, 0.1) is 0 Å². The number of esters is 1. The lowest BCUT2D eigenvalue weighted by atomic mass is 9.85. The fourth-order valence-corrected chi connectivity index (χ4v) is 2.09. The lowest BCUT2D eigenvalue weighted by molar-refractivity contribution is -0.151. The number of thioether (sulfide) groups is 1. The molecule has 0 aromatic carbocycles. The van der Waals surface area contributed by atoms with Crippen molar-refractivity contribution in [3.8, 4) is 0 Å². The molecule has 0 saturated carbocycles. The fourth-order valence-electron chi connectivity index (χ4n) is 1.36. The predicted octanol–water partition coefficient (Wildman–Crippen LogP) is 1.66. The van der Waals surface area contributed by atoms with E-state index in [1.165, 1.54) is 18.0 Å². The second kappa shape index (κ2) is 6.36. The highest BCUT2D eigenvalue weighted by molar-refractivity contribution is 7.98. The van der Waals surface area contributed by atoms with Gasteiger partial charge in [-0.2, -0.15) is 0 Å². The Balaban J connectivity index is 3.19. The summed E-state index contributed by atoms with van der Waals surface area (Å²) in [5, 5.41) is 10.1. The van der Waals surface area contributed by atoms with Crippen molar-refractivity contribution in [2.45, 2.75) is 24.4 Å². The molecule has 7 heteroatoms.